The molecule has 0 saturated heterocycles. The Morgan fingerprint density at radius 1 is 1.53 bits per heavy atom. The summed E-state index contributed by atoms with van der Waals surface area (Å²) >= 11 is 0. The van der Waals surface area contributed by atoms with Gasteiger partial charge in [-0.25, -0.2) is 4.39 Å². The average molecular weight is 239 g/mol. The van der Waals surface area contributed by atoms with Gasteiger partial charge in [-0.3, -0.25) is 4.79 Å². The predicted molar refractivity (Wildman–Crippen MR) is 64.1 cm³/mol. The molecule has 17 heavy (non-hydrogen) atoms. The Bertz CT molecular complexity index is 393. The molecule has 0 bridgehead atoms. The minimum atomic E-state index is -0.293. The molecule has 1 rings (SSSR count). The highest BCUT2D eigenvalue weighted by molar-refractivity contribution is 5.70. The van der Waals surface area contributed by atoms with Crippen LogP contribution < -0.4 is 5.73 Å². The molecule has 2 N–H and O–H groups in total. The molecule has 1 aromatic carbocycles. The smallest absolute Gasteiger partial charge is 0.307 e. The summed E-state index contributed by atoms with van der Waals surface area (Å²) in [5.41, 5.74) is 7.35. The first kappa shape index (κ1) is 13.6. The molecule has 0 radical (unpaired) electrons. The first-order valence-corrected chi connectivity index (χ1v) is 5.69. The summed E-state index contributed by atoms with van der Waals surface area (Å²) in [4.78, 5) is 11.2. The molecule has 4 heteroatoms. The van der Waals surface area contributed by atoms with Gasteiger partial charge >= 0.3 is 5.97 Å². The summed E-state index contributed by atoms with van der Waals surface area (Å²) in [6.07, 6.45) is 0.726. The van der Waals surface area contributed by atoms with Gasteiger partial charge in [0.05, 0.1) is 13.0 Å². The van der Waals surface area contributed by atoms with E-state index in [0.717, 1.165) is 5.56 Å². The molecule has 0 spiro atoms. The summed E-state index contributed by atoms with van der Waals surface area (Å²) in [5, 5.41) is 0. The summed E-state index contributed by atoms with van der Waals surface area (Å²) < 4.78 is 17.9. The molecule has 94 valence electrons. The van der Waals surface area contributed by atoms with Gasteiger partial charge in [-0.15, -0.1) is 0 Å². The fourth-order valence-corrected chi connectivity index (χ4v) is 1.64. The summed E-state index contributed by atoms with van der Waals surface area (Å²) in [6, 6.07) is 4.56. The molecular weight excluding hydrogens is 221 g/mol. The minimum Gasteiger partial charge on any atom is -0.466 e. The monoisotopic (exact) mass is 239 g/mol. The molecule has 0 amide bonds. The molecular formula is C13H18FNO2. The van der Waals surface area contributed by atoms with Crippen LogP contribution in [0.3, 0.4) is 0 Å². The zero-order chi connectivity index (χ0) is 12.8. The van der Waals surface area contributed by atoms with Crippen LogP contribution in [0, 0.1) is 12.7 Å². The Balaban J connectivity index is 2.53. The molecule has 0 aliphatic carbocycles. The number of carbonyl (C=O) groups excluding carboxylic acids is 1. The van der Waals surface area contributed by atoms with Gasteiger partial charge in [-0.1, -0.05) is 12.1 Å². The molecule has 0 aromatic heterocycles. The zero-order valence-corrected chi connectivity index (χ0v) is 10.2. The van der Waals surface area contributed by atoms with E-state index in [9.17, 15) is 9.18 Å². The van der Waals surface area contributed by atoms with Gasteiger partial charge in [0.25, 0.3) is 0 Å². The van der Waals surface area contributed by atoms with E-state index in [1.807, 2.05) is 0 Å². The number of halogens is 1. The largest absolute Gasteiger partial charge is 0.466 e. The maximum atomic E-state index is 13.0. The highest BCUT2D eigenvalue weighted by Gasteiger charge is 2.11. The van der Waals surface area contributed by atoms with E-state index < -0.39 is 0 Å². The lowest BCUT2D eigenvalue weighted by Gasteiger charge is -2.11. The Morgan fingerprint density at radius 2 is 2.24 bits per heavy atom. The third-order valence-electron chi connectivity index (χ3n) is 2.45. The van der Waals surface area contributed by atoms with Crippen LogP contribution in [0.15, 0.2) is 18.2 Å². The summed E-state index contributed by atoms with van der Waals surface area (Å²) in [7, 11) is 0. The zero-order valence-electron chi connectivity index (χ0n) is 10.2. The number of ether oxygens (including phenoxy) is 1. The Kier molecular flexibility index (Phi) is 5.10. The highest BCUT2D eigenvalue weighted by Crippen LogP contribution is 2.11. The van der Waals surface area contributed by atoms with Crippen molar-refractivity contribution in [2.45, 2.75) is 32.7 Å². The van der Waals surface area contributed by atoms with Crippen molar-refractivity contribution in [3.8, 4) is 0 Å². The Labute approximate surface area is 101 Å². The maximum Gasteiger partial charge on any atom is 0.307 e. The van der Waals surface area contributed by atoms with Crippen LogP contribution in [0.4, 0.5) is 4.39 Å². The van der Waals surface area contributed by atoms with E-state index in [0.29, 0.717) is 18.6 Å². The third kappa shape index (κ3) is 4.53. The molecule has 1 atom stereocenters. The fourth-order valence-electron chi connectivity index (χ4n) is 1.64. The van der Waals surface area contributed by atoms with Crippen molar-refractivity contribution >= 4 is 5.97 Å². The molecule has 0 aliphatic heterocycles. The number of esters is 1. The molecule has 1 unspecified atom stereocenters. The van der Waals surface area contributed by atoms with Crippen LogP contribution in [0.5, 0.6) is 0 Å². The van der Waals surface area contributed by atoms with Crippen LogP contribution in [-0.2, 0) is 16.0 Å². The van der Waals surface area contributed by atoms with Gasteiger partial charge in [0, 0.05) is 6.04 Å². The number of nitrogens with two attached hydrogens (primary N) is 1. The summed E-state index contributed by atoms with van der Waals surface area (Å²) in [6.45, 7) is 3.82. The first-order chi connectivity index (χ1) is 8.02. The fraction of sp³-hybridized carbons (Fsp3) is 0.462. The lowest BCUT2D eigenvalue weighted by molar-refractivity contribution is -0.143. The lowest BCUT2D eigenvalue weighted by atomic mass is 10.0. The van der Waals surface area contributed by atoms with Crippen LogP contribution in [0.25, 0.3) is 0 Å². The van der Waals surface area contributed by atoms with Gasteiger partial charge in [-0.2, -0.15) is 0 Å². The Morgan fingerprint density at radius 3 is 2.82 bits per heavy atom. The van der Waals surface area contributed by atoms with E-state index in [2.05, 4.69) is 0 Å². The van der Waals surface area contributed by atoms with Crippen molar-refractivity contribution in [3.63, 3.8) is 0 Å². The van der Waals surface area contributed by atoms with E-state index >= 15 is 0 Å². The number of benzene rings is 1. The van der Waals surface area contributed by atoms with Crippen molar-refractivity contribution in [1.29, 1.82) is 0 Å². The van der Waals surface area contributed by atoms with E-state index in [-0.39, 0.29) is 24.2 Å². The van der Waals surface area contributed by atoms with E-state index in [1.165, 1.54) is 6.07 Å². The van der Waals surface area contributed by atoms with E-state index in [1.54, 1.807) is 26.0 Å². The normalized spacial score (nSPS) is 12.2. The number of hydrogen-bond acceptors (Lipinski definition) is 3. The second kappa shape index (κ2) is 6.35. The molecule has 1 aromatic rings. The third-order valence-corrected chi connectivity index (χ3v) is 2.45. The van der Waals surface area contributed by atoms with Crippen LogP contribution in [0.2, 0.25) is 0 Å². The molecule has 0 heterocycles. The van der Waals surface area contributed by atoms with Crippen LogP contribution >= 0.6 is 0 Å². The number of hydrogen-bond donors (Lipinski definition) is 1. The van der Waals surface area contributed by atoms with Crippen molar-refractivity contribution in [2.75, 3.05) is 6.61 Å². The SMILES string of the molecule is CCOC(=O)CC(N)Cc1ccc(F)c(C)c1. The second-order valence-corrected chi connectivity index (χ2v) is 4.06. The maximum absolute atomic E-state index is 13.0. The van der Waals surface area contributed by atoms with Crippen molar-refractivity contribution < 1.29 is 13.9 Å². The first-order valence-electron chi connectivity index (χ1n) is 5.69. The van der Waals surface area contributed by atoms with Gasteiger partial charge < -0.3 is 10.5 Å². The molecule has 3 nitrogen and oxygen atoms in total. The standard InChI is InChI=1S/C13H18FNO2/c1-3-17-13(16)8-11(15)7-10-4-5-12(14)9(2)6-10/h4-6,11H,3,7-8,15H2,1-2H3. The average Bonchev–Trinajstić information content (AvgIpc) is 2.23. The molecule has 0 aliphatic rings. The molecule has 0 fully saturated rings. The van der Waals surface area contributed by atoms with Crippen molar-refractivity contribution in [3.05, 3.63) is 35.1 Å². The predicted octanol–water partition coefficient (Wildman–Crippen LogP) is 1.96. The van der Waals surface area contributed by atoms with Gasteiger partial charge in [-0.05, 0) is 37.5 Å². The van der Waals surface area contributed by atoms with Crippen molar-refractivity contribution in [2.24, 2.45) is 5.73 Å². The molecule has 0 saturated carbocycles. The van der Waals surface area contributed by atoms with Crippen LogP contribution in [-0.4, -0.2) is 18.6 Å². The van der Waals surface area contributed by atoms with Crippen LogP contribution in [0.1, 0.15) is 24.5 Å². The highest BCUT2D eigenvalue weighted by atomic mass is 19.1. The quantitative estimate of drug-likeness (QED) is 0.799. The lowest BCUT2D eigenvalue weighted by Crippen LogP contribution is -2.27. The number of aryl methyl sites for hydroxylation is 1. The van der Waals surface area contributed by atoms with Gasteiger partial charge in [0.2, 0.25) is 0 Å². The number of rotatable bonds is 5. The second-order valence-electron chi connectivity index (χ2n) is 4.06. The summed E-state index contributed by atoms with van der Waals surface area (Å²) in [5.74, 6) is -0.522. The van der Waals surface area contributed by atoms with Gasteiger partial charge in [0.15, 0.2) is 0 Å². The van der Waals surface area contributed by atoms with E-state index in [4.69, 9.17) is 10.5 Å². The Hall–Kier alpha value is -1.42. The minimum absolute atomic E-state index is 0.185. The van der Waals surface area contributed by atoms with Gasteiger partial charge in [0.1, 0.15) is 5.82 Å². The van der Waals surface area contributed by atoms with Crippen molar-refractivity contribution in [1.82, 2.24) is 0 Å². The topological polar surface area (TPSA) is 52.3 Å². The number of carbonyl (C=O) groups is 1.